The van der Waals surface area contributed by atoms with Crippen LogP contribution >= 0.6 is 0 Å². The average molecular weight is 439 g/mol. The predicted molar refractivity (Wildman–Crippen MR) is 119 cm³/mol. The van der Waals surface area contributed by atoms with Gasteiger partial charge < -0.3 is 19.3 Å². The number of aromatic nitrogens is 1. The first kappa shape index (κ1) is 22.1. The van der Waals surface area contributed by atoms with Gasteiger partial charge in [0.25, 0.3) is 0 Å². The van der Waals surface area contributed by atoms with Crippen LogP contribution in [0.15, 0.2) is 42.7 Å². The van der Waals surface area contributed by atoms with Crippen LogP contribution in [0.4, 0.5) is 4.79 Å². The summed E-state index contributed by atoms with van der Waals surface area (Å²) in [7, 11) is 0. The highest BCUT2D eigenvalue weighted by atomic mass is 16.6. The lowest BCUT2D eigenvalue weighted by Crippen LogP contribution is -2.48. The number of ether oxygens (including phenoxy) is 2. The summed E-state index contributed by atoms with van der Waals surface area (Å²) in [6, 6.07) is 10.0. The zero-order valence-electron chi connectivity index (χ0n) is 18.5. The van der Waals surface area contributed by atoms with Gasteiger partial charge in [-0.3, -0.25) is 14.7 Å². The molecule has 1 fully saturated rings. The number of hydrogen-bond acceptors (Lipinski definition) is 6. The van der Waals surface area contributed by atoms with Crippen molar-refractivity contribution in [3.05, 3.63) is 59.4 Å². The van der Waals surface area contributed by atoms with E-state index in [-0.39, 0.29) is 12.0 Å². The van der Waals surface area contributed by atoms with Crippen LogP contribution in [0.5, 0.6) is 5.75 Å². The number of benzene rings is 1. The lowest BCUT2D eigenvalue weighted by molar-refractivity contribution is -0.131. The minimum Gasteiger partial charge on any atom is -0.491 e. The summed E-state index contributed by atoms with van der Waals surface area (Å²) in [5.41, 5.74) is 3.13. The van der Waals surface area contributed by atoms with Crippen LogP contribution in [0.25, 0.3) is 0 Å². The van der Waals surface area contributed by atoms with E-state index >= 15 is 0 Å². The largest absolute Gasteiger partial charge is 0.491 e. The maximum atomic E-state index is 12.9. The number of pyridine rings is 1. The van der Waals surface area contributed by atoms with Gasteiger partial charge in [0, 0.05) is 57.2 Å². The van der Waals surface area contributed by atoms with E-state index in [1.165, 1.54) is 5.56 Å². The van der Waals surface area contributed by atoms with Crippen LogP contribution in [0.2, 0.25) is 0 Å². The Bertz CT molecular complexity index is 929. The summed E-state index contributed by atoms with van der Waals surface area (Å²) in [5.74, 6) is 0.924. The SMILES string of the molecule is CCOC(=O)N1CCN(Cc2ccc3c(c2)CN(C(=O)Cc2cccnc2)CCO3)CC1. The molecule has 0 bridgehead atoms. The summed E-state index contributed by atoms with van der Waals surface area (Å²) < 4.78 is 11.0. The minimum absolute atomic E-state index is 0.0786. The fourth-order valence-corrected chi connectivity index (χ4v) is 4.11. The number of carbonyl (C=O) groups excluding carboxylic acids is 2. The first-order valence-electron chi connectivity index (χ1n) is 11.2. The van der Waals surface area contributed by atoms with Crippen LogP contribution < -0.4 is 4.74 Å². The quantitative estimate of drug-likeness (QED) is 0.713. The average Bonchev–Trinajstić information content (AvgIpc) is 3.03. The van der Waals surface area contributed by atoms with Crippen molar-refractivity contribution < 1.29 is 19.1 Å². The maximum Gasteiger partial charge on any atom is 0.409 e. The Labute approximate surface area is 188 Å². The van der Waals surface area contributed by atoms with E-state index in [2.05, 4.69) is 22.0 Å². The number of fused-ring (bicyclic) bond motifs is 1. The molecule has 170 valence electrons. The Kier molecular flexibility index (Phi) is 7.21. The molecule has 2 aromatic rings. The monoisotopic (exact) mass is 438 g/mol. The molecule has 2 aliphatic heterocycles. The molecule has 0 radical (unpaired) electrons. The first-order valence-corrected chi connectivity index (χ1v) is 11.2. The van der Waals surface area contributed by atoms with Crippen molar-refractivity contribution in [2.45, 2.75) is 26.4 Å². The highest BCUT2D eigenvalue weighted by Gasteiger charge is 2.23. The molecular formula is C24H30N4O4. The predicted octanol–water partition coefficient (Wildman–Crippen LogP) is 2.32. The van der Waals surface area contributed by atoms with Crippen molar-refractivity contribution >= 4 is 12.0 Å². The molecule has 1 saturated heterocycles. The maximum absolute atomic E-state index is 12.9. The number of piperazine rings is 1. The second-order valence-electron chi connectivity index (χ2n) is 8.11. The lowest BCUT2D eigenvalue weighted by Gasteiger charge is -2.34. The van der Waals surface area contributed by atoms with E-state index in [0.29, 0.717) is 45.8 Å². The summed E-state index contributed by atoms with van der Waals surface area (Å²) in [5, 5.41) is 0. The Morgan fingerprint density at radius 2 is 1.91 bits per heavy atom. The third-order valence-corrected chi connectivity index (χ3v) is 5.84. The van der Waals surface area contributed by atoms with Crippen molar-refractivity contribution in [1.82, 2.24) is 19.7 Å². The molecule has 1 aromatic carbocycles. The smallest absolute Gasteiger partial charge is 0.409 e. The third kappa shape index (κ3) is 5.56. The Balaban J connectivity index is 1.36. The molecule has 8 heteroatoms. The van der Waals surface area contributed by atoms with Crippen LogP contribution in [-0.2, 0) is 29.0 Å². The Hall–Kier alpha value is -3.13. The first-order chi connectivity index (χ1) is 15.6. The fraction of sp³-hybridized carbons (Fsp3) is 0.458. The number of hydrogen-bond donors (Lipinski definition) is 0. The summed E-state index contributed by atoms with van der Waals surface area (Å²) in [6.07, 6.45) is 3.56. The van der Waals surface area contributed by atoms with Crippen LogP contribution in [0, 0.1) is 0 Å². The molecule has 2 amide bonds. The zero-order valence-corrected chi connectivity index (χ0v) is 18.5. The van der Waals surface area contributed by atoms with Gasteiger partial charge in [0.1, 0.15) is 12.4 Å². The molecule has 32 heavy (non-hydrogen) atoms. The van der Waals surface area contributed by atoms with Gasteiger partial charge in [-0.15, -0.1) is 0 Å². The van der Waals surface area contributed by atoms with E-state index in [0.717, 1.165) is 36.5 Å². The summed E-state index contributed by atoms with van der Waals surface area (Å²) in [6.45, 7) is 7.57. The molecular weight excluding hydrogens is 408 g/mol. The zero-order chi connectivity index (χ0) is 22.3. The fourth-order valence-electron chi connectivity index (χ4n) is 4.11. The van der Waals surface area contributed by atoms with Gasteiger partial charge in [-0.2, -0.15) is 0 Å². The van der Waals surface area contributed by atoms with E-state index in [9.17, 15) is 9.59 Å². The molecule has 0 aliphatic carbocycles. The molecule has 2 aliphatic rings. The van der Waals surface area contributed by atoms with Gasteiger partial charge in [0.2, 0.25) is 5.91 Å². The minimum atomic E-state index is -0.231. The number of amides is 2. The van der Waals surface area contributed by atoms with Gasteiger partial charge in [-0.25, -0.2) is 4.79 Å². The van der Waals surface area contributed by atoms with E-state index in [1.54, 1.807) is 17.3 Å². The molecule has 0 saturated carbocycles. The third-order valence-electron chi connectivity index (χ3n) is 5.84. The number of nitrogens with zero attached hydrogens (tertiary/aromatic N) is 4. The lowest BCUT2D eigenvalue weighted by atomic mass is 10.1. The second kappa shape index (κ2) is 10.5. The molecule has 8 nitrogen and oxygen atoms in total. The molecule has 0 unspecified atom stereocenters. The Morgan fingerprint density at radius 3 is 2.66 bits per heavy atom. The van der Waals surface area contributed by atoms with Crippen molar-refractivity contribution in [2.75, 3.05) is 45.9 Å². The van der Waals surface area contributed by atoms with Crippen molar-refractivity contribution in [1.29, 1.82) is 0 Å². The molecule has 0 atom stereocenters. The van der Waals surface area contributed by atoms with E-state index in [4.69, 9.17) is 9.47 Å². The molecule has 0 N–H and O–H groups in total. The topological polar surface area (TPSA) is 75.2 Å². The number of carbonyl (C=O) groups is 2. The van der Waals surface area contributed by atoms with Crippen molar-refractivity contribution in [3.63, 3.8) is 0 Å². The summed E-state index contributed by atoms with van der Waals surface area (Å²) >= 11 is 0. The molecule has 4 rings (SSSR count). The van der Waals surface area contributed by atoms with E-state index < -0.39 is 0 Å². The van der Waals surface area contributed by atoms with Crippen molar-refractivity contribution in [3.8, 4) is 5.75 Å². The second-order valence-corrected chi connectivity index (χ2v) is 8.11. The molecule has 3 heterocycles. The Morgan fingerprint density at radius 1 is 1.06 bits per heavy atom. The summed E-state index contributed by atoms with van der Waals surface area (Å²) in [4.78, 5) is 34.8. The highest BCUT2D eigenvalue weighted by Crippen LogP contribution is 2.25. The van der Waals surface area contributed by atoms with Crippen LogP contribution in [-0.4, -0.2) is 77.6 Å². The molecule has 1 aromatic heterocycles. The van der Waals surface area contributed by atoms with Gasteiger partial charge in [-0.1, -0.05) is 12.1 Å². The van der Waals surface area contributed by atoms with Crippen LogP contribution in [0.3, 0.4) is 0 Å². The van der Waals surface area contributed by atoms with Gasteiger partial charge in [-0.05, 0) is 36.2 Å². The van der Waals surface area contributed by atoms with Gasteiger partial charge in [0.15, 0.2) is 0 Å². The normalized spacial score (nSPS) is 16.7. The standard InChI is InChI=1S/C24H30N4O4/c1-2-31-24(30)27-10-8-26(9-11-27)17-20-5-6-22-21(14-20)18-28(12-13-32-22)23(29)15-19-4-3-7-25-16-19/h3-7,14,16H,2,8-13,15,17-18H2,1H3. The van der Waals surface area contributed by atoms with E-state index in [1.807, 2.05) is 30.0 Å². The van der Waals surface area contributed by atoms with Crippen molar-refractivity contribution in [2.24, 2.45) is 0 Å². The van der Waals surface area contributed by atoms with Gasteiger partial charge in [0.05, 0.1) is 19.6 Å². The molecule has 0 spiro atoms. The number of rotatable bonds is 5. The van der Waals surface area contributed by atoms with Gasteiger partial charge >= 0.3 is 6.09 Å². The van der Waals surface area contributed by atoms with Crippen LogP contribution in [0.1, 0.15) is 23.6 Å². The highest BCUT2D eigenvalue weighted by molar-refractivity contribution is 5.78.